The molecule has 0 unspecified atom stereocenters. The van der Waals surface area contributed by atoms with E-state index in [0.29, 0.717) is 17.8 Å². The number of nitrogens with one attached hydrogen (secondary N) is 2. The molecule has 0 atom stereocenters. The molecule has 2 N–H and O–H groups in total. The molecule has 0 aliphatic rings. The summed E-state index contributed by atoms with van der Waals surface area (Å²) in [6.45, 7) is 0.385. The number of anilines is 1. The average Bonchev–Trinajstić information content (AvgIpc) is 3.48. The Morgan fingerprint density at radius 1 is 1.06 bits per heavy atom. The number of amides is 1. The first-order valence-electron chi connectivity index (χ1n) is 9.32. The van der Waals surface area contributed by atoms with E-state index >= 15 is 0 Å². The Bertz CT molecular complexity index is 1270. The molecular weight excluding hydrogens is 471 g/mol. The predicted molar refractivity (Wildman–Crippen MR) is 130 cm³/mol. The molecule has 0 aliphatic carbocycles. The quantitative estimate of drug-likeness (QED) is 0.367. The number of carbonyl (C=O) groups is 1. The topological polar surface area (TPSA) is 88.2 Å². The average molecular weight is 490 g/mol. The van der Waals surface area contributed by atoms with Gasteiger partial charge in [-0.2, -0.15) is 0 Å². The number of hydrogen-bond acceptors (Lipinski definition) is 7. The Morgan fingerprint density at radius 3 is 2.58 bits per heavy atom. The first-order chi connectivity index (χ1) is 14.9. The summed E-state index contributed by atoms with van der Waals surface area (Å²) in [6.07, 6.45) is 1.81. The molecule has 3 heterocycles. The van der Waals surface area contributed by atoms with Gasteiger partial charge < -0.3 is 5.32 Å². The number of sulfonamides is 1. The highest BCUT2D eigenvalue weighted by molar-refractivity contribution is 7.88. The van der Waals surface area contributed by atoms with Crippen molar-refractivity contribution in [1.29, 1.82) is 0 Å². The molecule has 0 bridgehead atoms. The van der Waals surface area contributed by atoms with Crippen LogP contribution in [0.3, 0.4) is 0 Å². The zero-order chi connectivity index (χ0) is 21.8. The zero-order valence-corrected chi connectivity index (χ0v) is 19.8. The van der Waals surface area contributed by atoms with Crippen LogP contribution in [0.4, 0.5) is 5.69 Å². The number of aromatic nitrogens is 1. The van der Waals surface area contributed by atoms with E-state index in [1.807, 2.05) is 53.2 Å². The van der Waals surface area contributed by atoms with Gasteiger partial charge >= 0.3 is 0 Å². The van der Waals surface area contributed by atoms with Crippen LogP contribution in [0, 0.1) is 0 Å². The van der Waals surface area contributed by atoms with Gasteiger partial charge in [0, 0.05) is 28.1 Å². The largest absolute Gasteiger partial charge is 0.321 e. The Labute approximate surface area is 192 Å². The lowest BCUT2D eigenvalue weighted by Gasteiger charge is -2.04. The Morgan fingerprint density at radius 2 is 1.87 bits per heavy atom. The van der Waals surface area contributed by atoms with Gasteiger partial charge in [-0.05, 0) is 54.3 Å². The van der Waals surface area contributed by atoms with Crippen LogP contribution < -0.4 is 10.0 Å². The Hall–Kier alpha value is -2.37. The van der Waals surface area contributed by atoms with Gasteiger partial charge in [0.2, 0.25) is 10.0 Å². The van der Waals surface area contributed by atoms with Crippen molar-refractivity contribution >= 4 is 55.6 Å². The normalized spacial score (nSPS) is 11.5. The summed E-state index contributed by atoms with van der Waals surface area (Å²) in [7, 11) is -3.17. The molecule has 3 aromatic heterocycles. The minimum absolute atomic E-state index is 0.112. The maximum Gasteiger partial charge on any atom is 0.265 e. The molecule has 160 valence electrons. The molecule has 0 saturated heterocycles. The van der Waals surface area contributed by atoms with Gasteiger partial charge in [0.25, 0.3) is 5.91 Å². The summed E-state index contributed by atoms with van der Waals surface area (Å²) < 4.78 is 24.9. The van der Waals surface area contributed by atoms with Gasteiger partial charge in [0.1, 0.15) is 5.01 Å². The van der Waals surface area contributed by atoms with Gasteiger partial charge in [-0.15, -0.1) is 34.0 Å². The van der Waals surface area contributed by atoms with Crippen LogP contribution in [-0.4, -0.2) is 32.1 Å². The zero-order valence-electron chi connectivity index (χ0n) is 16.5. The molecule has 0 aliphatic heterocycles. The maximum atomic E-state index is 12.2. The first kappa shape index (κ1) is 21.8. The van der Waals surface area contributed by atoms with Crippen LogP contribution in [-0.2, 0) is 16.4 Å². The lowest BCUT2D eigenvalue weighted by molar-refractivity contribution is 0.103. The second-order valence-electron chi connectivity index (χ2n) is 6.73. The van der Waals surface area contributed by atoms with E-state index in [1.54, 1.807) is 28.7 Å². The molecule has 0 spiro atoms. The van der Waals surface area contributed by atoms with E-state index < -0.39 is 10.0 Å². The second-order valence-corrected chi connectivity index (χ2v) is 11.5. The number of thiophene rings is 2. The molecule has 0 saturated carbocycles. The van der Waals surface area contributed by atoms with E-state index in [4.69, 9.17) is 4.98 Å². The number of benzene rings is 1. The third kappa shape index (κ3) is 5.86. The third-order valence-corrected chi connectivity index (χ3v) is 7.94. The molecule has 10 heteroatoms. The van der Waals surface area contributed by atoms with Crippen LogP contribution >= 0.6 is 34.0 Å². The van der Waals surface area contributed by atoms with Crippen LogP contribution in [0.25, 0.3) is 21.1 Å². The molecule has 4 rings (SSSR count). The molecule has 1 amide bonds. The number of hydrogen-bond donors (Lipinski definition) is 2. The number of nitrogens with zero attached hydrogens (tertiary/aromatic N) is 1. The van der Waals surface area contributed by atoms with Gasteiger partial charge in [-0.3, -0.25) is 4.79 Å². The fraction of sp³-hybridized carbons (Fsp3) is 0.143. The van der Waals surface area contributed by atoms with Crippen molar-refractivity contribution in [2.24, 2.45) is 0 Å². The van der Waals surface area contributed by atoms with Gasteiger partial charge in [0.05, 0.1) is 21.7 Å². The monoisotopic (exact) mass is 489 g/mol. The van der Waals surface area contributed by atoms with E-state index in [0.717, 1.165) is 38.0 Å². The smallest absolute Gasteiger partial charge is 0.265 e. The van der Waals surface area contributed by atoms with E-state index in [1.165, 1.54) is 11.3 Å². The van der Waals surface area contributed by atoms with Crippen LogP contribution in [0.5, 0.6) is 0 Å². The van der Waals surface area contributed by atoms with E-state index in [9.17, 15) is 13.2 Å². The molecule has 4 aromatic rings. The van der Waals surface area contributed by atoms with Crippen molar-refractivity contribution in [2.45, 2.75) is 6.42 Å². The second kappa shape index (κ2) is 9.41. The summed E-state index contributed by atoms with van der Waals surface area (Å²) >= 11 is 4.59. The van der Waals surface area contributed by atoms with E-state index in [-0.39, 0.29) is 5.91 Å². The van der Waals surface area contributed by atoms with Crippen molar-refractivity contribution in [3.63, 3.8) is 0 Å². The fourth-order valence-corrected chi connectivity index (χ4v) is 5.79. The highest BCUT2D eigenvalue weighted by Gasteiger charge is 2.11. The molecule has 6 nitrogen and oxygen atoms in total. The predicted octanol–water partition coefficient (Wildman–Crippen LogP) is 4.94. The SMILES string of the molecule is CS(=O)(=O)NCCc1ccc(-c2csc(-c3ccc(NC(=O)c4cccs4)cc3)n2)s1. The van der Waals surface area contributed by atoms with Crippen molar-refractivity contribution in [1.82, 2.24) is 9.71 Å². The summed E-state index contributed by atoms with van der Waals surface area (Å²) in [5.74, 6) is -0.112. The van der Waals surface area contributed by atoms with Gasteiger partial charge in [0.15, 0.2) is 0 Å². The van der Waals surface area contributed by atoms with E-state index in [2.05, 4.69) is 10.0 Å². The van der Waals surface area contributed by atoms with Crippen molar-refractivity contribution < 1.29 is 13.2 Å². The lowest BCUT2D eigenvalue weighted by atomic mass is 10.2. The number of carbonyl (C=O) groups excluding carboxylic acids is 1. The highest BCUT2D eigenvalue weighted by atomic mass is 32.2. The van der Waals surface area contributed by atoms with Crippen molar-refractivity contribution in [3.8, 4) is 21.1 Å². The van der Waals surface area contributed by atoms with Crippen LogP contribution in [0.1, 0.15) is 14.5 Å². The first-order valence-corrected chi connectivity index (χ1v) is 13.8. The fourth-order valence-electron chi connectivity index (χ4n) is 2.83. The van der Waals surface area contributed by atoms with Crippen molar-refractivity contribution in [2.75, 3.05) is 18.1 Å². The summed E-state index contributed by atoms with van der Waals surface area (Å²) in [4.78, 5) is 19.7. The molecule has 0 fully saturated rings. The van der Waals surface area contributed by atoms with Crippen molar-refractivity contribution in [3.05, 3.63) is 69.0 Å². The van der Waals surface area contributed by atoms with Crippen LogP contribution in [0.15, 0.2) is 59.3 Å². The van der Waals surface area contributed by atoms with Crippen LogP contribution in [0.2, 0.25) is 0 Å². The summed E-state index contributed by atoms with van der Waals surface area (Å²) in [5.41, 5.74) is 2.63. The highest BCUT2D eigenvalue weighted by Crippen LogP contribution is 2.33. The Balaban J connectivity index is 1.40. The summed E-state index contributed by atoms with van der Waals surface area (Å²) in [5, 5.41) is 7.69. The maximum absolute atomic E-state index is 12.2. The van der Waals surface area contributed by atoms with Gasteiger partial charge in [-0.25, -0.2) is 18.1 Å². The summed E-state index contributed by atoms with van der Waals surface area (Å²) in [6, 6.07) is 15.3. The number of thiazole rings is 1. The third-order valence-electron chi connectivity index (χ3n) is 4.29. The molecule has 1 aromatic carbocycles. The minimum Gasteiger partial charge on any atom is -0.321 e. The lowest BCUT2D eigenvalue weighted by Crippen LogP contribution is -2.23. The number of rotatable bonds is 8. The minimum atomic E-state index is -3.17. The molecule has 31 heavy (non-hydrogen) atoms. The molecular formula is C21H19N3O3S4. The standard InChI is InChI=1S/C21H19N3O3S4/c1-31(26,27)22-11-10-16-8-9-18(30-16)17-13-29-21(24-17)14-4-6-15(7-5-14)23-20(25)19-3-2-12-28-19/h2-9,12-13,22H,10-11H2,1H3,(H,23,25). The Kier molecular flexibility index (Phi) is 6.63. The van der Waals surface area contributed by atoms with Gasteiger partial charge in [-0.1, -0.05) is 6.07 Å². The molecule has 0 radical (unpaired) electrons.